The second-order valence-electron chi connectivity index (χ2n) is 11.8. The summed E-state index contributed by atoms with van der Waals surface area (Å²) in [5.74, 6) is -0.956. The number of benzene rings is 1. The molecule has 5 rings (SSSR count). The number of hydrogen-bond donors (Lipinski definition) is 4. The van der Waals surface area contributed by atoms with E-state index in [1.165, 1.54) is 0 Å². The van der Waals surface area contributed by atoms with E-state index in [-0.39, 0.29) is 24.2 Å². The monoisotopic (exact) mass is 588 g/mol. The van der Waals surface area contributed by atoms with Crippen molar-refractivity contribution >= 4 is 23.3 Å². The third-order valence-corrected chi connectivity index (χ3v) is 8.91. The minimum Gasteiger partial charge on any atom is -0.480 e. The van der Waals surface area contributed by atoms with E-state index >= 15 is 0 Å². The van der Waals surface area contributed by atoms with Crippen molar-refractivity contribution in [2.75, 3.05) is 57.9 Å². The number of nitrogens with two attached hydrogens (primary N) is 1. The smallest absolute Gasteiger partial charge is 0.323 e. The fraction of sp³-hybridized carbons (Fsp3) is 0.600. The Hall–Kier alpha value is -3.38. The molecule has 0 aromatic heterocycles. The molecule has 0 radical (unpaired) electrons. The summed E-state index contributed by atoms with van der Waals surface area (Å²) in [4.78, 5) is 29.3. The number of aliphatic carboxylic acids is 1. The van der Waals surface area contributed by atoms with Crippen LogP contribution in [0.1, 0.15) is 62.1 Å². The number of carbonyl (C=O) groups is 2. The van der Waals surface area contributed by atoms with E-state index < -0.39 is 18.1 Å². The fourth-order valence-electron chi connectivity index (χ4n) is 6.68. The summed E-state index contributed by atoms with van der Waals surface area (Å²) in [6.07, 6.45) is 3.39. The molecule has 10 nitrogen and oxygen atoms in total. The van der Waals surface area contributed by atoms with Gasteiger partial charge in [-0.2, -0.15) is 0 Å². The molecule has 2 amide bonds. The molecule has 4 heterocycles. The van der Waals surface area contributed by atoms with Gasteiger partial charge in [-0.15, -0.1) is 0 Å². The van der Waals surface area contributed by atoms with Crippen LogP contribution in [0.25, 0.3) is 5.57 Å². The number of alkyl halides is 2. The van der Waals surface area contributed by atoms with Crippen LogP contribution in [0.15, 0.2) is 29.6 Å². The number of ether oxygens (including phenoxy) is 1. The van der Waals surface area contributed by atoms with Crippen LogP contribution < -0.4 is 21.3 Å². The molecule has 230 valence electrons. The number of carbonyl (C=O) groups excluding carboxylic acids is 1. The van der Waals surface area contributed by atoms with E-state index in [2.05, 4.69) is 10.6 Å². The van der Waals surface area contributed by atoms with Crippen molar-refractivity contribution in [3.63, 3.8) is 0 Å². The van der Waals surface area contributed by atoms with Crippen LogP contribution in [0, 0.1) is 0 Å². The van der Waals surface area contributed by atoms with E-state index in [0.29, 0.717) is 63.5 Å². The van der Waals surface area contributed by atoms with Crippen molar-refractivity contribution in [2.45, 2.75) is 63.6 Å². The standard InChI is InChI=1S/C30H42F2N6O4/c1-30(33,24-17-37(29(41)34-2)11-6-25(24)35-21-7-12-42-13-8-21)38-9-3-4-19-14-22(23(28(31)32)15-26(19)38)20-5-10-36(16-20)18-27(39)40/h14-16,21,28,35H,3-13,17-18,33H2,1-2H3,(H,34,41)(H,39,40). The van der Waals surface area contributed by atoms with E-state index in [1.807, 2.05) is 17.9 Å². The number of carboxylic acids is 1. The Morgan fingerprint density at radius 3 is 2.62 bits per heavy atom. The molecule has 1 saturated heterocycles. The highest BCUT2D eigenvalue weighted by Crippen LogP contribution is 2.42. The van der Waals surface area contributed by atoms with Gasteiger partial charge in [-0.05, 0) is 67.9 Å². The number of nitrogens with zero attached hydrogens (tertiary/aromatic N) is 3. The molecule has 42 heavy (non-hydrogen) atoms. The van der Waals surface area contributed by atoms with Crippen molar-refractivity contribution in [2.24, 2.45) is 5.73 Å². The van der Waals surface area contributed by atoms with Gasteiger partial charge >= 0.3 is 12.0 Å². The first-order chi connectivity index (χ1) is 20.1. The topological polar surface area (TPSA) is 123 Å². The maximum atomic E-state index is 14.6. The lowest BCUT2D eigenvalue weighted by Crippen LogP contribution is -2.61. The molecule has 0 aliphatic carbocycles. The lowest BCUT2D eigenvalue weighted by atomic mass is 9.87. The van der Waals surface area contributed by atoms with Gasteiger partial charge in [-0.3, -0.25) is 4.79 Å². The van der Waals surface area contributed by atoms with Crippen LogP contribution >= 0.6 is 0 Å². The SMILES string of the molecule is CNC(=O)N1CCC(NC2CCOCC2)=C(C(C)(N)N2CCCc3cc(C4=CN(CC(=O)O)CC4)c(C(F)F)cc32)C1. The lowest BCUT2D eigenvalue weighted by molar-refractivity contribution is -0.137. The minimum absolute atomic E-state index is 0.0787. The maximum Gasteiger partial charge on any atom is 0.323 e. The molecular formula is C30H42F2N6O4. The van der Waals surface area contributed by atoms with E-state index in [9.17, 15) is 18.4 Å². The number of aryl methyl sites for hydroxylation is 1. The number of carboxylic acid groups (broad SMARTS) is 1. The van der Waals surface area contributed by atoms with Gasteiger partial charge in [0.25, 0.3) is 6.43 Å². The molecule has 1 fully saturated rings. The summed E-state index contributed by atoms with van der Waals surface area (Å²) in [6.45, 7) is 5.07. The Bertz CT molecular complexity index is 1260. The van der Waals surface area contributed by atoms with Crippen molar-refractivity contribution in [1.82, 2.24) is 20.4 Å². The number of halogens is 2. The molecule has 5 N–H and O–H groups in total. The first-order valence-corrected chi connectivity index (χ1v) is 14.8. The van der Waals surface area contributed by atoms with Crippen molar-refractivity contribution < 1.29 is 28.2 Å². The predicted molar refractivity (Wildman–Crippen MR) is 156 cm³/mol. The summed E-state index contributed by atoms with van der Waals surface area (Å²) < 4.78 is 34.7. The van der Waals surface area contributed by atoms with Crippen molar-refractivity contribution in [3.05, 3.63) is 46.3 Å². The van der Waals surface area contributed by atoms with Gasteiger partial charge in [0.1, 0.15) is 12.2 Å². The van der Waals surface area contributed by atoms with Gasteiger partial charge in [0.05, 0.1) is 0 Å². The molecule has 0 bridgehead atoms. The van der Waals surface area contributed by atoms with Gasteiger partial charge in [0, 0.05) is 87.6 Å². The van der Waals surface area contributed by atoms with Gasteiger partial charge in [0.2, 0.25) is 0 Å². The first kappa shape index (κ1) is 30.1. The molecule has 1 atom stereocenters. The summed E-state index contributed by atoms with van der Waals surface area (Å²) in [6, 6.07) is 3.49. The average Bonchev–Trinajstić information content (AvgIpc) is 3.44. The number of nitrogens with one attached hydrogen (secondary N) is 2. The third-order valence-electron chi connectivity index (χ3n) is 8.91. The molecular weight excluding hydrogens is 546 g/mol. The average molecular weight is 589 g/mol. The number of fused-ring (bicyclic) bond motifs is 1. The number of amides is 2. The number of urea groups is 1. The Balaban J connectivity index is 1.52. The molecule has 4 aliphatic heterocycles. The van der Waals surface area contributed by atoms with E-state index in [1.54, 1.807) is 29.1 Å². The third kappa shape index (κ3) is 6.19. The van der Waals surface area contributed by atoms with Crippen molar-refractivity contribution in [3.8, 4) is 0 Å². The van der Waals surface area contributed by atoms with Gasteiger partial charge in [-0.1, -0.05) is 0 Å². The van der Waals surface area contributed by atoms with Crippen LogP contribution in [0.5, 0.6) is 0 Å². The number of anilines is 1. The molecule has 12 heteroatoms. The van der Waals surface area contributed by atoms with Gasteiger partial charge in [0.15, 0.2) is 0 Å². The summed E-state index contributed by atoms with van der Waals surface area (Å²) in [7, 11) is 1.61. The minimum atomic E-state index is -2.71. The zero-order chi connectivity index (χ0) is 30.0. The maximum absolute atomic E-state index is 14.6. The number of rotatable bonds is 8. The largest absolute Gasteiger partial charge is 0.480 e. The quantitative estimate of drug-likeness (QED) is 0.365. The fourth-order valence-corrected chi connectivity index (χ4v) is 6.68. The highest BCUT2D eigenvalue weighted by atomic mass is 19.3. The van der Waals surface area contributed by atoms with Crippen LogP contribution in [-0.2, 0) is 16.0 Å². The summed E-state index contributed by atoms with van der Waals surface area (Å²) in [5, 5.41) is 15.6. The van der Waals surface area contributed by atoms with Crippen LogP contribution in [0.3, 0.4) is 0 Å². The summed E-state index contributed by atoms with van der Waals surface area (Å²) in [5.41, 5.74) is 10.8. The van der Waals surface area contributed by atoms with Crippen molar-refractivity contribution in [1.29, 1.82) is 0 Å². The summed E-state index contributed by atoms with van der Waals surface area (Å²) >= 11 is 0. The molecule has 1 aromatic carbocycles. The molecule has 1 aromatic rings. The zero-order valence-corrected chi connectivity index (χ0v) is 24.4. The van der Waals surface area contributed by atoms with Crippen LogP contribution in [0.4, 0.5) is 19.3 Å². The first-order valence-electron chi connectivity index (χ1n) is 14.8. The van der Waals surface area contributed by atoms with Gasteiger partial charge in [-0.25, -0.2) is 13.6 Å². The Labute approximate surface area is 245 Å². The van der Waals surface area contributed by atoms with Crippen LogP contribution in [-0.4, -0.2) is 91.6 Å². The Morgan fingerprint density at radius 2 is 1.93 bits per heavy atom. The Kier molecular flexibility index (Phi) is 8.93. The highest BCUT2D eigenvalue weighted by Gasteiger charge is 2.40. The second-order valence-corrected chi connectivity index (χ2v) is 11.8. The highest BCUT2D eigenvalue weighted by molar-refractivity contribution is 5.77. The second kappa shape index (κ2) is 12.5. The van der Waals surface area contributed by atoms with E-state index in [4.69, 9.17) is 15.6 Å². The van der Waals surface area contributed by atoms with Crippen LogP contribution in [0.2, 0.25) is 0 Å². The molecule has 4 aliphatic rings. The van der Waals surface area contributed by atoms with Gasteiger partial charge < -0.3 is 40.9 Å². The Morgan fingerprint density at radius 1 is 1.17 bits per heavy atom. The normalized spacial score (nSPS) is 21.3. The predicted octanol–water partition coefficient (Wildman–Crippen LogP) is 3.25. The molecule has 0 saturated carbocycles. The number of hydrogen-bond acceptors (Lipinski definition) is 7. The molecule has 0 spiro atoms. The molecule has 1 unspecified atom stereocenters. The lowest BCUT2D eigenvalue weighted by Gasteiger charge is -2.48. The zero-order valence-electron chi connectivity index (χ0n) is 24.4. The van der Waals surface area contributed by atoms with E-state index in [0.717, 1.165) is 48.1 Å².